The number of unbranched alkanes of at least 4 members (excludes halogenated alkanes) is 1. The molecule has 0 nitrogen and oxygen atoms in total. The third-order valence-electron chi connectivity index (χ3n) is 0.838. The summed E-state index contributed by atoms with van der Waals surface area (Å²) in [6.07, 6.45) is 13.6. The van der Waals surface area contributed by atoms with Gasteiger partial charge in [-0.05, 0) is 19.3 Å². The van der Waals surface area contributed by atoms with E-state index in [1.54, 1.807) is 0 Å². The maximum absolute atomic E-state index is 6.55. The first-order chi connectivity index (χ1) is 3.91. The molecule has 0 bridgehead atoms. The van der Waals surface area contributed by atoms with Crippen LogP contribution in [0.25, 0.3) is 0 Å². The van der Waals surface area contributed by atoms with Crippen molar-refractivity contribution in [3.63, 3.8) is 0 Å². The zero-order valence-electron chi connectivity index (χ0n) is 5.28. The monoisotopic (exact) mass is 131 g/mol. The molecular formula is C8H12Na. The molecule has 0 saturated heterocycles. The van der Waals surface area contributed by atoms with Crippen molar-refractivity contribution in [3.8, 4) is 5.92 Å². The van der Waals surface area contributed by atoms with Crippen LogP contribution in [0.4, 0.5) is 0 Å². The first-order valence-corrected chi connectivity index (χ1v) is 2.96. The molecule has 1 radical (unpaired) electrons. The van der Waals surface area contributed by atoms with Crippen molar-refractivity contribution >= 4 is 29.6 Å². The molecule has 0 rings (SSSR count). The third kappa shape index (κ3) is 11.7. The van der Waals surface area contributed by atoms with Crippen molar-refractivity contribution in [1.29, 1.82) is 0 Å². The van der Waals surface area contributed by atoms with Crippen LogP contribution in [0, 0.1) is 12.3 Å². The van der Waals surface area contributed by atoms with Gasteiger partial charge in [0.25, 0.3) is 0 Å². The average Bonchev–Trinajstić information content (AvgIpc) is 1.81. The SMILES string of the molecule is [C]#CCC/C=C\CC.[NaH]. The Hall–Kier alpha value is 0.300. The van der Waals surface area contributed by atoms with E-state index in [4.69, 9.17) is 6.42 Å². The summed E-state index contributed by atoms with van der Waals surface area (Å²) in [4.78, 5) is 0. The molecule has 0 unspecified atom stereocenters. The molecule has 0 N–H and O–H groups in total. The zero-order valence-corrected chi connectivity index (χ0v) is 5.28. The maximum atomic E-state index is 6.55. The molecule has 0 saturated carbocycles. The van der Waals surface area contributed by atoms with Crippen LogP contribution < -0.4 is 0 Å². The van der Waals surface area contributed by atoms with Crippen LogP contribution in [-0.4, -0.2) is 29.6 Å². The summed E-state index contributed by atoms with van der Waals surface area (Å²) in [6, 6.07) is 0. The van der Waals surface area contributed by atoms with E-state index in [-0.39, 0.29) is 29.6 Å². The molecule has 0 aromatic heterocycles. The second kappa shape index (κ2) is 11.1. The Balaban J connectivity index is 0. The Morgan fingerprint density at radius 1 is 1.44 bits per heavy atom. The van der Waals surface area contributed by atoms with Gasteiger partial charge >= 0.3 is 29.6 Å². The molecule has 45 valence electrons. The summed E-state index contributed by atoms with van der Waals surface area (Å²) >= 11 is 0. The fourth-order valence-electron chi connectivity index (χ4n) is 0.440. The van der Waals surface area contributed by atoms with Crippen LogP contribution in [0.3, 0.4) is 0 Å². The summed E-state index contributed by atoms with van der Waals surface area (Å²) in [5.41, 5.74) is 0. The van der Waals surface area contributed by atoms with E-state index >= 15 is 0 Å². The van der Waals surface area contributed by atoms with Crippen molar-refractivity contribution in [1.82, 2.24) is 0 Å². The second-order valence-corrected chi connectivity index (χ2v) is 1.60. The number of allylic oxidation sites excluding steroid dienone is 2. The summed E-state index contributed by atoms with van der Waals surface area (Å²) < 4.78 is 0. The summed E-state index contributed by atoms with van der Waals surface area (Å²) in [5, 5.41) is 0. The van der Waals surface area contributed by atoms with E-state index < -0.39 is 0 Å². The Kier molecular flexibility index (Phi) is 14.9. The normalized spacial score (nSPS) is 8.44. The van der Waals surface area contributed by atoms with Crippen molar-refractivity contribution in [2.45, 2.75) is 26.2 Å². The Labute approximate surface area is 80.0 Å². The molecule has 0 heterocycles. The van der Waals surface area contributed by atoms with Gasteiger partial charge in [-0.1, -0.05) is 25.0 Å². The van der Waals surface area contributed by atoms with Gasteiger partial charge in [0.15, 0.2) is 0 Å². The van der Waals surface area contributed by atoms with Gasteiger partial charge in [0, 0.05) is 6.42 Å². The number of hydrogen-bond acceptors (Lipinski definition) is 0. The molecule has 0 aliphatic heterocycles. The van der Waals surface area contributed by atoms with Crippen molar-refractivity contribution in [2.75, 3.05) is 0 Å². The van der Waals surface area contributed by atoms with E-state index in [0.29, 0.717) is 0 Å². The van der Waals surface area contributed by atoms with E-state index in [1.807, 2.05) is 0 Å². The van der Waals surface area contributed by atoms with Crippen LogP contribution in [-0.2, 0) is 0 Å². The average molecular weight is 131 g/mol. The summed E-state index contributed by atoms with van der Waals surface area (Å²) in [6.45, 7) is 2.10. The predicted octanol–water partition coefficient (Wildman–Crippen LogP) is 1.67. The van der Waals surface area contributed by atoms with Gasteiger partial charge in [0.1, 0.15) is 0 Å². The van der Waals surface area contributed by atoms with Crippen LogP contribution in [0.1, 0.15) is 26.2 Å². The molecule has 0 aliphatic carbocycles. The molecule has 0 aliphatic rings. The van der Waals surface area contributed by atoms with E-state index in [9.17, 15) is 0 Å². The molecule has 1 heteroatoms. The van der Waals surface area contributed by atoms with Crippen LogP contribution in [0.2, 0.25) is 0 Å². The van der Waals surface area contributed by atoms with Crippen LogP contribution in [0.5, 0.6) is 0 Å². The standard InChI is InChI=1S/C8H11.Na.H/c1-3-5-7-8-6-4-2;;/h5,7H,3,6,8H2,1H3;;/b7-5-;;. The Morgan fingerprint density at radius 2 is 2.11 bits per heavy atom. The van der Waals surface area contributed by atoms with Crippen molar-refractivity contribution in [3.05, 3.63) is 18.6 Å². The molecule has 0 spiro atoms. The van der Waals surface area contributed by atoms with Crippen molar-refractivity contribution < 1.29 is 0 Å². The molecule has 0 fully saturated rings. The van der Waals surface area contributed by atoms with Gasteiger partial charge in [0.05, 0.1) is 0 Å². The molecule has 0 aromatic rings. The van der Waals surface area contributed by atoms with Crippen molar-refractivity contribution in [2.24, 2.45) is 0 Å². The minimum absolute atomic E-state index is 0. The van der Waals surface area contributed by atoms with E-state index in [2.05, 4.69) is 25.0 Å². The van der Waals surface area contributed by atoms with Gasteiger partial charge in [-0.2, -0.15) is 0 Å². The minimum atomic E-state index is 0. The quantitative estimate of drug-likeness (QED) is 0.236. The molecule has 9 heavy (non-hydrogen) atoms. The van der Waals surface area contributed by atoms with E-state index in [0.717, 1.165) is 19.3 Å². The topological polar surface area (TPSA) is 0 Å². The fourth-order valence-corrected chi connectivity index (χ4v) is 0.440. The summed E-state index contributed by atoms with van der Waals surface area (Å²) in [7, 11) is 0. The molecule has 0 aromatic carbocycles. The Bertz CT molecular complexity index is 97.6. The van der Waals surface area contributed by atoms with E-state index in [1.165, 1.54) is 0 Å². The first-order valence-electron chi connectivity index (χ1n) is 2.96. The predicted molar refractivity (Wildman–Crippen MR) is 42.9 cm³/mol. The van der Waals surface area contributed by atoms with Gasteiger partial charge in [-0.25, -0.2) is 0 Å². The van der Waals surface area contributed by atoms with Gasteiger partial charge in [-0.3, -0.25) is 0 Å². The third-order valence-corrected chi connectivity index (χ3v) is 0.838. The van der Waals surface area contributed by atoms with Crippen LogP contribution >= 0.6 is 0 Å². The van der Waals surface area contributed by atoms with Crippen LogP contribution in [0.15, 0.2) is 12.2 Å². The van der Waals surface area contributed by atoms with Gasteiger partial charge in [-0.15, -0.1) is 0 Å². The fraction of sp³-hybridized carbons (Fsp3) is 0.500. The summed E-state index contributed by atoms with van der Waals surface area (Å²) in [5.74, 6) is 2.33. The Morgan fingerprint density at radius 3 is 2.56 bits per heavy atom. The zero-order chi connectivity index (χ0) is 6.24. The second-order valence-electron chi connectivity index (χ2n) is 1.60. The number of hydrogen-bond donors (Lipinski definition) is 0. The van der Waals surface area contributed by atoms with Gasteiger partial charge < -0.3 is 0 Å². The van der Waals surface area contributed by atoms with Gasteiger partial charge in [0.2, 0.25) is 0 Å². The number of rotatable bonds is 3. The molecule has 0 amide bonds. The molecule has 0 atom stereocenters. The first kappa shape index (κ1) is 12.0. The molecular weight excluding hydrogens is 119 g/mol.